The Hall–Kier alpha value is -3.16. The minimum Gasteiger partial charge on any atom is -0.467 e. The Morgan fingerprint density at radius 1 is 1.25 bits per heavy atom. The van der Waals surface area contributed by atoms with Gasteiger partial charge in [-0.2, -0.15) is 0 Å². The second-order valence-electron chi connectivity index (χ2n) is 4.87. The fraction of sp³-hybridized carbons (Fsp3) is 0.250. The molecule has 126 valence electrons. The number of aromatic amines is 1. The zero-order valence-electron chi connectivity index (χ0n) is 13.0. The fourth-order valence-electron chi connectivity index (χ4n) is 1.95. The molecular formula is C16H17N3O5. The minimum atomic E-state index is -1.02. The third kappa shape index (κ3) is 5.24. The van der Waals surface area contributed by atoms with Gasteiger partial charge in [0.1, 0.15) is 18.5 Å². The molecule has 2 N–H and O–H groups in total. The van der Waals surface area contributed by atoms with E-state index in [1.54, 1.807) is 0 Å². The van der Waals surface area contributed by atoms with Crippen LogP contribution in [0.1, 0.15) is 11.4 Å². The lowest BCUT2D eigenvalue weighted by atomic mass is 10.2. The average molecular weight is 331 g/mol. The van der Waals surface area contributed by atoms with Crippen molar-refractivity contribution < 1.29 is 19.1 Å². The van der Waals surface area contributed by atoms with E-state index in [1.807, 2.05) is 30.3 Å². The third-order valence-corrected chi connectivity index (χ3v) is 3.11. The zero-order chi connectivity index (χ0) is 17.4. The van der Waals surface area contributed by atoms with Crippen molar-refractivity contribution >= 4 is 12.1 Å². The van der Waals surface area contributed by atoms with Crippen molar-refractivity contribution in [1.29, 1.82) is 0 Å². The first-order chi connectivity index (χ1) is 11.6. The van der Waals surface area contributed by atoms with E-state index in [2.05, 4.69) is 20.0 Å². The summed E-state index contributed by atoms with van der Waals surface area (Å²) < 4.78 is 9.71. The summed E-state index contributed by atoms with van der Waals surface area (Å²) in [5.74, 6) is -0.417. The summed E-state index contributed by atoms with van der Waals surface area (Å²) in [6.45, 7) is 0.0704. The molecule has 0 aliphatic carbocycles. The summed E-state index contributed by atoms with van der Waals surface area (Å²) >= 11 is 0. The Kier molecular flexibility index (Phi) is 6.07. The predicted octanol–water partition coefficient (Wildman–Crippen LogP) is 0.780. The number of H-pyrrole nitrogens is 1. The van der Waals surface area contributed by atoms with Gasteiger partial charge in [0, 0.05) is 18.7 Å². The molecule has 0 aliphatic rings. The fourth-order valence-corrected chi connectivity index (χ4v) is 1.95. The van der Waals surface area contributed by atoms with Gasteiger partial charge in [0.25, 0.3) is 5.56 Å². The van der Waals surface area contributed by atoms with E-state index < -0.39 is 18.1 Å². The summed E-state index contributed by atoms with van der Waals surface area (Å²) in [6.07, 6.45) is 0.520. The number of methoxy groups -OCH3 is 1. The van der Waals surface area contributed by atoms with E-state index in [4.69, 9.17) is 4.74 Å². The molecule has 0 aliphatic heterocycles. The lowest BCUT2D eigenvalue weighted by Crippen LogP contribution is -2.43. The highest BCUT2D eigenvalue weighted by Crippen LogP contribution is 2.02. The van der Waals surface area contributed by atoms with Gasteiger partial charge in [-0.25, -0.2) is 14.6 Å². The van der Waals surface area contributed by atoms with E-state index in [-0.39, 0.29) is 24.4 Å². The average Bonchev–Trinajstić information content (AvgIpc) is 2.59. The number of alkyl carbamates (subject to hydrolysis) is 1. The van der Waals surface area contributed by atoms with Crippen LogP contribution in [0.4, 0.5) is 4.79 Å². The van der Waals surface area contributed by atoms with Gasteiger partial charge in [-0.3, -0.25) is 4.79 Å². The van der Waals surface area contributed by atoms with Crippen molar-refractivity contribution in [2.75, 3.05) is 7.11 Å². The van der Waals surface area contributed by atoms with E-state index in [0.29, 0.717) is 0 Å². The molecule has 2 aromatic rings. The molecular weight excluding hydrogens is 314 g/mol. The number of esters is 1. The van der Waals surface area contributed by atoms with Crippen LogP contribution in [0.25, 0.3) is 0 Å². The van der Waals surface area contributed by atoms with Crippen molar-refractivity contribution in [2.45, 2.75) is 19.1 Å². The smallest absolute Gasteiger partial charge is 0.408 e. The quantitative estimate of drug-likeness (QED) is 0.757. The maximum absolute atomic E-state index is 11.9. The first-order valence-corrected chi connectivity index (χ1v) is 7.17. The second kappa shape index (κ2) is 8.47. The van der Waals surface area contributed by atoms with E-state index in [9.17, 15) is 14.4 Å². The second-order valence-corrected chi connectivity index (χ2v) is 4.87. The molecule has 8 heteroatoms. The van der Waals surface area contributed by atoms with Crippen LogP contribution in [-0.2, 0) is 27.3 Å². The normalized spacial score (nSPS) is 11.4. The molecule has 0 saturated heterocycles. The molecule has 24 heavy (non-hydrogen) atoms. The number of benzene rings is 1. The maximum Gasteiger partial charge on any atom is 0.408 e. The van der Waals surface area contributed by atoms with Gasteiger partial charge in [-0.1, -0.05) is 30.3 Å². The molecule has 1 unspecified atom stereocenters. The standard InChI is InChI=1S/C16H17N3O5/c1-23-15(21)12(9-13-17-8-7-14(20)19-13)18-16(22)24-10-11-5-3-2-4-6-11/h2-8,12H,9-10H2,1H3,(H,18,22)(H,17,19,20). The Balaban J connectivity index is 1.96. The summed E-state index contributed by atoms with van der Waals surface area (Å²) in [4.78, 5) is 41.4. The van der Waals surface area contributed by atoms with E-state index in [0.717, 1.165) is 5.56 Å². The molecule has 0 fully saturated rings. The number of ether oxygens (including phenoxy) is 2. The SMILES string of the molecule is COC(=O)C(Cc1nccc(=O)[nH]1)NC(=O)OCc1ccccc1. The lowest BCUT2D eigenvalue weighted by molar-refractivity contribution is -0.143. The molecule has 0 spiro atoms. The third-order valence-electron chi connectivity index (χ3n) is 3.11. The van der Waals surface area contributed by atoms with Crippen molar-refractivity contribution in [1.82, 2.24) is 15.3 Å². The summed E-state index contributed by atoms with van der Waals surface area (Å²) in [5, 5.41) is 2.41. The van der Waals surface area contributed by atoms with Crippen molar-refractivity contribution in [3.63, 3.8) is 0 Å². The van der Waals surface area contributed by atoms with Crippen molar-refractivity contribution in [3.8, 4) is 0 Å². The van der Waals surface area contributed by atoms with Gasteiger partial charge >= 0.3 is 12.1 Å². The first-order valence-electron chi connectivity index (χ1n) is 7.17. The molecule has 1 aromatic heterocycles. The molecule has 1 atom stereocenters. The highest BCUT2D eigenvalue weighted by Gasteiger charge is 2.23. The number of carbonyl (C=O) groups is 2. The van der Waals surface area contributed by atoms with Gasteiger partial charge < -0.3 is 19.8 Å². The highest BCUT2D eigenvalue weighted by molar-refractivity contribution is 5.81. The Bertz CT molecular complexity index is 745. The number of aromatic nitrogens is 2. The Morgan fingerprint density at radius 3 is 2.67 bits per heavy atom. The summed E-state index contributed by atoms with van der Waals surface area (Å²) in [7, 11) is 1.20. The molecule has 1 heterocycles. The number of hydrogen-bond acceptors (Lipinski definition) is 6. The Labute approximate surface area is 137 Å². The number of carbonyl (C=O) groups excluding carboxylic acids is 2. The first kappa shape index (κ1) is 17.2. The molecule has 0 radical (unpaired) electrons. The Morgan fingerprint density at radius 2 is 2.00 bits per heavy atom. The molecule has 1 amide bonds. The van der Waals surface area contributed by atoms with Gasteiger partial charge in [-0.05, 0) is 5.56 Å². The lowest BCUT2D eigenvalue weighted by Gasteiger charge is -2.16. The van der Waals surface area contributed by atoms with E-state index in [1.165, 1.54) is 19.4 Å². The molecule has 8 nitrogen and oxygen atoms in total. The molecule has 0 bridgehead atoms. The minimum absolute atomic E-state index is 0.0246. The van der Waals surface area contributed by atoms with Gasteiger partial charge in [0.05, 0.1) is 7.11 Å². The van der Waals surface area contributed by atoms with Crippen molar-refractivity contribution in [3.05, 3.63) is 64.3 Å². The number of hydrogen-bond donors (Lipinski definition) is 2. The number of amides is 1. The summed E-state index contributed by atoms with van der Waals surface area (Å²) in [6, 6.07) is 9.34. The van der Waals surface area contributed by atoms with Crippen molar-refractivity contribution in [2.24, 2.45) is 0 Å². The van der Waals surface area contributed by atoms with Crippen LogP contribution < -0.4 is 10.9 Å². The van der Waals surface area contributed by atoms with Crippen LogP contribution >= 0.6 is 0 Å². The molecule has 2 rings (SSSR count). The predicted molar refractivity (Wildman–Crippen MR) is 84.1 cm³/mol. The number of rotatable bonds is 6. The summed E-state index contributed by atoms with van der Waals surface area (Å²) in [5.41, 5.74) is 0.464. The largest absolute Gasteiger partial charge is 0.467 e. The highest BCUT2D eigenvalue weighted by atomic mass is 16.6. The number of nitrogens with one attached hydrogen (secondary N) is 2. The van der Waals surface area contributed by atoms with Gasteiger partial charge in [0.2, 0.25) is 0 Å². The van der Waals surface area contributed by atoms with Crippen LogP contribution in [0.5, 0.6) is 0 Å². The zero-order valence-corrected chi connectivity index (χ0v) is 13.0. The molecule has 0 saturated carbocycles. The van der Waals surface area contributed by atoms with Gasteiger partial charge in [-0.15, -0.1) is 0 Å². The van der Waals surface area contributed by atoms with Crippen LogP contribution in [-0.4, -0.2) is 35.2 Å². The van der Waals surface area contributed by atoms with Crippen LogP contribution in [0.15, 0.2) is 47.4 Å². The number of nitrogens with zero attached hydrogens (tertiary/aromatic N) is 1. The maximum atomic E-state index is 11.9. The van der Waals surface area contributed by atoms with Crippen LogP contribution in [0.2, 0.25) is 0 Å². The monoisotopic (exact) mass is 331 g/mol. The topological polar surface area (TPSA) is 110 Å². The van der Waals surface area contributed by atoms with Crippen LogP contribution in [0, 0.1) is 0 Å². The van der Waals surface area contributed by atoms with Gasteiger partial charge in [0.15, 0.2) is 0 Å². The van der Waals surface area contributed by atoms with Crippen LogP contribution in [0.3, 0.4) is 0 Å². The molecule has 1 aromatic carbocycles. The van der Waals surface area contributed by atoms with E-state index >= 15 is 0 Å².